The van der Waals surface area contributed by atoms with Crippen LogP contribution in [0.2, 0.25) is 0 Å². The predicted octanol–water partition coefficient (Wildman–Crippen LogP) is 2.84. The molecule has 0 aliphatic carbocycles. The number of aromatic amines is 1. The third-order valence-electron chi connectivity index (χ3n) is 4.78. The Labute approximate surface area is 149 Å². The van der Waals surface area contributed by atoms with Gasteiger partial charge in [-0.05, 0) is 43.2 Å². The minimum absolute atomic E-state index is 0.0647. The van der Waals surface area contributed by atoms with Gasteiger partial charge in [-0.2, -0.15) is 0 Å². The van der Waals surface area contributed by atoms with E-state index in [4.69, 9.17) is 0 Å². The monoisotopic (exact) mass is 362 g/mol. The van der Waals surface area contributed by atoms with E-state index in [-0.39, 0.29) is 23.1 Å². The maximum atomic E-state index is 13.7. The highest BCUT2D eigenvalue weighted by atomic mass is 19.1. The summed E-state index contributed by atoms with van der Waals surface area (Å²) in [5.74, 6) is -1.62. The Hall–Kier alpha value is -2.70. The largest absolute Gasteiger partial charge is 0.507 e. The van der Waals surface area contributed by atoms with Gasteiger partial charge in [-0.15, -0.1) is 0 Å². The summed E-state index contributed by atoms with van der Waals surface area (Å²) in [6, 6.07) is 4.56. The van der Waals surface area contributed by atoms with E-state index in [0.29, 0.717) is 31.5 Å². The van der Waals surface area contributed by atoms with Crippen molar-refractivity contribution >= 4 is 5.91 Å². The number of aryl methyl sites for hydroxylation is 1. The molecule has 7 heteroatoms. The fraction of sp³-hybridized carbons (Fsp3) is 0.368. The van der Waals surface area contributed by atoms with Crippen LogP contribution >= 0.6 is 0 Å². The number of carbonyl (C=O) groups excluding carboxylic acids is 1. The van der Waals surface area contributed by atoms with E-state index < -0.39 is 17.2 Å². The molecule has 1 fully saturated rings. The minimum atomic E-state index is -0.596. The second-order valence-corrected chi connectivity index (χ2v) is 6.63. The van der Waals surface area contributed by atoms with E-state index in [1.807, 2.05) is 0 Å². The van der Waals surface area contributed by atoms with E-state index >= 15 is 0 Å². The van der Waals surface area contributed by atoms with Crippen molar-refractivity contribution in [2.24, 2.45) is 5.92 Å². The molecule has 1 atom stereocenters. The number of hydrogen-bond acceptors (Lipinski definition) is 3. The molecule has 1 aliphatic heterocycles. The lowest BCUT2D eigenvalue weighted by atomic mass is 9.91. The zero-order valence-corrected chi connectivity index (χ0v) is 14.2. The van der Waals surface area contributed by atoms with Crippen LogP contribution in [0.15, 0.2) is 35.3 Å². The topological polar surface area (TPSA) is 73.4 Å². The van der Waals surface area contributed by atoms with Crippen LogP contribution in [-0.2, 0) is 6.42 Å². The van der Waals surface area contributed by atoms with Crippen LogP contribution in [0.1, 0.15) is 35.2 Å². The SMILES string of the molecule is O=C(c1c[nH]c(=O)cc1O)N1CCC[C@H](CCc2ccc(F)cc2F)C1. The molecule has 1 aliphatic rings. The van der Waals surface area contributed by atoms with Crippen molar-refractivity contribution in [1.82, 2.24) is 9.88 Å². The highest BCUT2D eigenvalue weighted by Gasteiger charge is 2.26. The number of aromatic hydroxyl groups is 1. The van der Waals surface area contributed by atoms with Gasteiger partial charge in [-0.3, -0.25) is 9.59 Å². The Balaban J connectivity index is 1.63. The number of rotatable bonds is 4. The molecule has 0 radical (unpaired) electrons. The molecule has 1 aromatic heterocycles. The van der Waals surface area contributed by atoms with Crippen LogP contribution in [-0.4, -0.2) is 34.0 Å². The summed E-state index contributed by atoms with van der Waals surface area (Å²) in [4.78, 5) is 27.8. The number of carbonyl (C=O) groups is 1. The molecule has 0 spiro atoms. The molecule has 0 unspecified atom stereocenters. The van der Waals surface area contributed by atoms with Crippen molar-refractivity contribution in [2.75, 3.05) is 13.1 Å². The average Bonchev–Trinajstić information content (AvgIpc) is 2.61. The van der Waals surface area contributed by atoms with E-state index in [1.54, 1.807) is 4.90 Å². The molecule has 5 nitrogen and oxygen atoms in total. The van der Waals surface area contributed by atoms with E-state index in [1.165, 1.54) is 18.3 Å². The molecule has 0 bridgehead atoms. The summed E-state index contributed by atoms with van der Waals surface area (Å²) in [6.07, 6.45) is 4.11. The van der Waals surface area contributed by atoms with Crippen LogP contribution in [0.4, 0.5) is 8.78 Å². The van der Waals surface area contributed by atoms with E-state index in [9.17, 15) is 23.5 Å². The number of pyridine rings is 1. The number of amides is 1. The number of nitrogens with one attached hydrogen (secondary N) is 1. The van der Waals surface area contributed by atoms with Gasteiger partial charge in [-0.1, -0.05) is 6.07 Å². The maximum absolute atomic E-state index is 13.7. The number of piperidine rings is 1. The number of likely N-dealkylation sites (tertiary alicyclic amines) is 1. The van der Waals surface area contributed by atoms with Crippen molar-refractivity contribution in [3.63, 3.8) is 0 Å². The summed E-state index contributed by atoms with van der Waals surface area (Å²) in [6.45, 7) is 1.07. The second-order valence-electron chi connectivity index (χ2n) is 6.63. The first kappa shape index (κ1) is 18.1. The summed E-state index contributed by atoms with van der Waals surface area (Å²) < 4.78 is 26.7. The second kappa shape index (κ2) is 7.68. The van der Waals surface area contributed by atoms with Crippen LogP contribution in [0.25, 0.3) is 0 Å². The van der Waals surface area contributed by atoms with Crippen LogP contribution in [0.5, 0.6) is 5.75 Å². The van der Waals surface area contributed by atoms with Crippen LogP contribution in [0.3, 0.4) is 0 Å². The number of halogens is 2. The lowest BCUT2D eigenvalue weighted by Crippen LogP contribution is -2.40. The third-order valence-corrected chi connectivity index (χ3v) is 4.78. The van der Waals surface area contributed by atoms with Gasteiger partial charge in [0.2, 0.25) is 0 Å². The minimum Gasteiger partial charge on any atom is -0.507 e. The Bertz CT molecular complexity index is 866. The van der Waals surface area contributed by atoms with E-state index in [0.717, 1.165) is 25.0 Å². The van der Waals surface area contributed by atoms with Gasteiger partial charge in [0.25, 0.3) is 11.5 Å². The number of benzene rings is 1. The Morgan fingerprint density at radius 3 is 2.85 bits per heavy atom. The predicted molar refractivity (Wildman–Crippen MR) is 92.0 cm³/mol. The lowest BCUT2D eigenvalue weighted by Gasteiger charge is -2.33. The van der Waals surface area contributed by atoms with Crippen LogP contribution < -0.4 is 5.56 Å². The highest BCUT2D eigenvalue weighted by Crippen LogP contribution is 2.25. The van der Waals surface area contributed by atoms with Crippen molar-refractivity contribution in [3.05, 3.63) is 63.6 Å². The lowest BCUT2D eigenvalue weighted by molar-refractivity contribution is 0.0664. The smallest absolute Gasteiger partial charge is 0.259 e. The average molecular weight is 362 g/mol. The summed E-state index contributed by atoms with van der Waals surface area (Å²) in [5, 5.41) is 9.82. The first-order chi connectivity index (χ1) is 12.4. The van der Waals surface area contributed by atoms with Gasteiger partial charge in [0.1, 0.15) is 17.4 Å². The van der Waals surface area contributed by atoms with Gasteiger partial charge in [0.15, 0.2) is 0 Å². The number of nitrogens with zero attached hydrogens (tertiary/aromatic N) is 1. The molecule has 26 heavy (non-hydrogen) atoms. The highest BCUT2D eigenvalue weighted by molar-refractivity contribution is 5.96. The summed E-state index contributed by atoms with van der Waals surface area (Å²) in [5.41, 5.74) is 0.0554. The van der Waals surface area contributed by atoms with Gasteiger partial charge >= 0.3 is 0 Å². The van der Waals surface area contributed by atoms with Gasteiger partial charge in [-0.25, -0.2) is 8.78 Å². The van der Waals surface area contributed by atoms with E-state index in [2.05, 4.69) is 4.98 Å². The fourth-order valence-corrected chi connectivity index (χ4v) is 3.37. The standard InChI is InChI=1S/C19H20F2N2O3/c20-14-6-5-13(16(21)8-14)4-3-12-2-1-7-23(11-12)19(26)15-10-22-18(25)9-17(15)24/h5-6,8-10,12H,1-4,7,11H2,(H2,22,24,25)/t12-/m1/s1. The van der Waals surface area contributed by atoms with Crippen molar-refractivity contribution in [1.29, 1.82) is 0 Å². The van der Waals surface area contributed by atoms with Gasteiger partial charge < -0.3 is 15.0 Å². The molecule has 0 saturated carbocycles. The third kappa shape index (κ3) is 4.09. The summed E-state index contributed by atoms with van der Waals surface area (Å²) in [7, 11) is 0. The fourth-order valence-electron chi connectivity index (χ4n) is 3.37. The van der Waals surface area contributed by atoms with Gasteiger partial charge in [0, 0.05) is 31.4 Å². The first-order valence-electron chi connectivity index (χ1n) is 8.59. The quantitative estimate of drug-likeness (QED) is 0.878. The number of H-pyrrole nitrogens is 1. The molecule has 1 aromatic carbocycles. The zero-order valence-electron chi connectivity index (χ0n) is 14.2. The van der Waals surface area contributed by atoms with Crippen molar-refractivity contribution in [3.8, 4) is 5.75 Å². The Morgan fingerprint density at radius 1 is 1.31 bits per heavy atom. The zero-order chi connectivity index (χ0) is 18.7. The molecule has 2 aromatic rings. The molecule has 138 valence electrons. The normalized spacial score (nSPS) is 17.3. The Morgan fingerprint density at radius 2 is 2.12 bits per heavy atom. The first-order valence-corrected chi connectivity index (χ1v) is 8.59. The molecular formula is C19H20F2N2O3. The molecule has 2 heterocycles. The summed E-state index contributed by atoms with van der Waals surface area (Å²) >= 11 is 0. The van der Waals surface area contributed by atoms with Gasteiger partial charge in [0.05, 0.1) is 5.56 Å². The molecule has 3 rings (SSSR count). The molecule has 1 saturated heterocycles. The molecular weight excluding hydrogens is 342 g/mol. The maximum Gasteiger partial charge on any atom is 0.259 e. The molecule has 1 amide bonds. The Kier molecular flexibility index (Phi) is 5.35. The van der Waals surface area contributed by atoms with Crippen molar-refractivity contribution < 1.29 is 18.7 Å². The molecule has 2 N–H and O–H groups in total. The van der Waals surface area contributed by atoms with Crippen LogP contribution in [0, 0.1) is 17.6 Å². The number of hydrogen-bond donors (Lipinski definition) is 2. The van der Waals surface area contributed by atoms with Crippen molar-refractivity contribution in [2.45, 2.75) is 25.7 Å². The number of aromatic nitrogens is 1.